The highest BCUT2D eigenvalue weighted by molar-refractivity contribution is 5.68. The van der Waals surface area contributed by atoms with Crippen molar-refractivity contribution < 1.29 is 0 Å². The van der Waals surface area contributed by atoms with E-state index in [1.54, 1.807) is 12.5 Å². The molecule has 10 heavy (non-hydrogen) atoms. The van der Waals surface area contributed by atoms with Crippen molar-refractivity contribution in [1.29, 1.82) is 0 Å². The smallest absolute Gasteiger partial charge is 0.180 e. The van der Waals surface area contributed by atoms with Crippen molar-refractivity contribution in [3.8, 4) is 0 Å². The number of aromatic nitrogens is 4. The normalized spacial score (nSPS) is 10.5. The third-order valence-electron chi connectivity index (χ3n) is 1.23. The first-order chi connectivity index (χ1) is 4.86. The largest absolute Gasteiger partial charge is 0.342 e. The lowest BCUT2D eigenvalue weighted by atomic mass is 10.5. The summed E-state index contributed by atoms with van der Waals surface area (Å²) in [7, 11) is 0. The Morgan fingerprint density at radius 1 is 1.40 bits per heavy atom. The van der Waals surface area contributed by atoms with Gasteiger partial charge in [-0.25, -0.2) is 15.0 Å². The molecule has 2 aromatic heterocycles. The van der Waals surface area contributed by atoms with Crippen molar-refractivity contribution in [1.82, 2.24) is 19.9 Å². The first-order valence-electron chi connectivity index (χ1n) is 2.84. The van der Waals surface area contributed by atoms with Gasteiger partial charge in [-0.3, -0.25) is 0 Å². The second-order valence-corrected chi connectivity index (χ2v) is 1.93. The molecule has 49 valence electrons. The van der Waals surface area contributed by atoms with Crippen molar-refractivity contribution in [2.45, 2.75) is 0 Å². The third-order valence-corrected chi connectivity index (χ3v) is 1.23. The molecule has 0 aliphatic heterocycles. The lowest BCUT2D eigenvalue weighted by Crippen LogP contribution is -1.85. The van der Waals surface area contributed by atoms with Crippen LogP contribution in [0.2, 0.25) is 0 Å². The molecule has 0 saturated carbocycles. The van der Waals surface area contributed by atoms with Gasteiger partial charge in [0.05, 0.1) is 12.5 Å². The summed E-state index contributed by atoms with van der Waals surface area (Å²) in [4.78, 5) is 14.7. The van der Waals surface area contributed by atoms with Crippen LogP contribution < -0.4 is 0 Å². The number of nitrogens with one attached hydrogen (secondary N) is 1. The van der Waals surface area contributed by atoms with Crippen molar-refractivity contribution in [3.63, 3.8) is 0 Å². The zero-order valence-corrected chi connectivity index (χ0v) is 5.20. The second kappa shape index (κ2) is 1.76. The van der Waals surface area contributed by atoms with E-state index in [1.807, 2.05) is 0 Å². The van der Waals surface area contributed by atoms with Gasteiger partial charge in [0.1, 0.15) is 11.3 Å². The summed E-state index contributed by atoms with van der Waals surface area (Å²) in [6.45, 7) is 3.57. The van der Waals surface area contributed by atoms with Gasteiger partial charge in [0.25, 0.3) is 0 Å². The molecule has 0 atom stereocenters. The summed E-state index contributed by atoms with van der Waals surface area (Å²) in [5, 5.41) is 0. The maximum atomic E-state index is 3.97. The summed E-state index contributed by atoms with van der Waals surface area (Å²) >= 11 is 0. The molecule has 4 heteroatoms. The number of rotatable bonds is 0. The molecule has 0 aliphatic rings. The van der Waals surface area contributed by atoms with E-state index in [4.69, 9.17) is 0 Å². The molecule has 0 amide bonds. The van der Waals surface area contributed by atoms with Crippen molar-refractivity contribution >= 4 is 11.2 Å². The predicted octanol–water partition coefficient (Wildman–Crippen LogP) is 0.535. The van der Waals surface area contributed by atoms with E-state index in [9.17, 15) is 0 Å². The first-order valence-corrected chi connectivity index (χ1v) is 2.84. The average Bonchev–Trinajstić information content (AvgIpc) is 2.33. The zero-order valence-electron chi connectivity index (χ0n) is 5.20. The number of hydrogen-bond donors (Lipinski definition) is 1. The zero-order chi connectivity index (χ0) is 6.97. The molecule has 1 N–H and O–H groups in total. The van der Waals surface area contributed by atoms with Crippen molar-refractivity contribution in [2.75, 3.05) is 0 Å². The number of H-pyrrole nitrogens is 1. The highest BCUT2D eigenvalue weighted by Gasteiger charge is 1.95. The number of aromatic amines is 1. The SMILES string of the molecule is [CH2]c1ncc2[nH]cnc2n1. The van der Waals surface area contributed by atoms with Crippen LogP contribution in [0.25, 0.3) is 11.2 Å². The molecule has 0 unspecified atom stereocenters. The molecule has 0 bridgehead atoms. The van der Waals surface area contributed by atoms with Crippen LogP contribution in [0, 0.1) is 6.92 Å². The van der Waals surface area contributed by atoms with E-state index in [-0.39, 0.29) is 0 Å². The number of nitrogens with zero attached hydrogens (tertiary/aromatic N) is 3. The van der Waals surface area contributed by atoms with E-state index in [2.05, 4.69) is 26.9 Å². The Morgan fingerprint density at radius 3 is 3.20 bits per heavy atom. The number of fused-ring (bicyclic) bond motifs is 1. The van der Waals surface area contributed by atoms with Crippen molar-refractivity contribution in [2.24, 2.45) is 0 Å². The average molecular weight is 133 g/mol. The molecule has 2 heterocycles. The number of imidazole rings is 1. The van der Waals surface area contributed by atoms with E-state index in [0.29, 0.717) is 11.5 Å². The van der Waals surface area contributed by atoms with Crippen LogP contribution in [-0.2, 0) is 0 Å². The van der Waals surface area contributed by atoms with Gasteiger partial charge in [-0.15, -0.1) is 0 Å². The van der Waals surface area contributed by atoms with Gasteiger partial charge in [-0.1, -0.05) is 0 Å². The minimum Gasteiger partial charge on any atom is -0.342 e. The van der Waals surface area contributed by atoms with Crippen molar-refractivity contribution in [3.05, 3.63) is 25.3 Å². The van der Waals surface area contributed by atoms with E-state index < -0.39 is 0 Å². The van der Waals surface area contributed by atoms with Crippen LogP contribution in [0.5, 0.6) is 0 Å². The van der Waals surface area contributed by atoms with Gasteiger partial charge in [0.2, 0.25) is 0 Å². The van der Waals surface area contributed by atoms with Gasteiger partial charge in [0.15, 0.2) is 5.65 Å². The minimum absolute atomic E-state index is 0.500. The summed E-state index contributed by atoms with van der Waals surface area (Å²) in [5.74, 6) is 0.500. The third kappa shape index (κ3) is 0.655. The van der Waals surface area contributed by atoms with E-state index >= 15 is 0 Å². The fourth-order valence-electron chi connectivity index (χ4n) is 0.771. The standard InChI is InChI=1S/C6H5N4/c1-4-7-2-5-6(10-4)9-3-8-5/h2-3H,1H2,(H,7,8,9,10). The molecule has 2 aromatic rings. The Hall–Kier alpha value is -1.45. The molecular formula is C6H5N4. The fraction of sp³-hybridized carbons (Fsp3) is 0. The predicted molar refractivity (Wildman–Crippen MR) is 36.1 cm³/mol. The van der Waals surface area contributed by atoms with Gasteiger partial charge >= 0.3 is 0 Å². The summed E-state index contributed by atoms with van der Waals surface area (Å²) in [6.07, 6.45) is 3.25. The summed E-state index contributed by atoms with van der Waals surface area (Å²) < 4.78 is 0. The number of hydrogen-bond acceptors (Lipinski definition) is 3. The highest BCUT2D eigenvalue weighted by Crippen LogP contribution is 2.02. The molecule has 0 aliphatic carbocycles. The minimum atomic E-state index is 0.500. The molecule has 2 rings (SSSR count). The molecule has 4 nitrogen and oxygen atoms in total. The summed E-state index contributed by atoms with van der Waals surface area (Å²) in [5.41, 5.74) is 1.51. The molecular weight excluding hydrogens is 128 g/mol. The van der Waals surface area contributed by atoms with Crippen LogP contribution in [0.1, 0.15) is 5.82 Å². The van der Waals surface area contributed by atoms with E-state index in [1.165, 1.54) is 0 Å². The topological polar surface area (TPSA) is 54.5 Å². The van der Waals surface area contributed by atoms with Gasteiger partial charge in [0, 0.05) is 6.92 Å². The monoisotopic (exact) mass is 133 g/mol. The van der Waals surface area contributed by atoms with Gasteiger partial charge < -0.3 is 4.98 Å². The van der Waals surface area contributed by atoms with Crippen LogP contribution in [0.3, 0.4) is 0 Å². The highest BCUT2D eigenvalue weighted by atomic mass is 15.0. The Kier molecular flexibility index (Phi) is 0.943. The Labute approximate surface area is 57.3 Å². The molecule has 0 fully saturated rings. The molecule has 0 spiro atoms. The van der Waals surface area contributed by atoms with Gasteiger partial charge in [-0.2, -0.15) is 0 Å². The lowest BCUT2D eigenvalue weighted by Gasteiger charge is -1.87. The van der Waals surface area contributed by atoms with E-state index in [0.717, 1.165) is 5.52 Å². The van der Waals surface area contributed by atoms with Crippen LogP contribution >= 0.6 is 0 Å². The maximum absolute atomic E-state index is 3.97. The maximum Gasteiger partial charge on any atom is 0.180 e. The Balaban J connectivity index is 2.86. The van der Waals surface area contributed by atoms with Crippen LogP contribution in [0.4, 0.5) is 0 Å². The molecule has 0 saturated heterocycles. The van der Waals surface area contributed by atoms with Gasteiger partial charge in [-0.05, 0) is 0 Å². The first kappa shape index (κ1) is 5.34. The quantitative estimate of drug-likeness (QED) is 0.570. The second-order valence-electron chi connectivity index (χ2n) is 1.93. The Morgan fingerprint density at radius 2 is 2.30 bits per heavy atom. The Bertz CT molecular complexity index is 351. The summed E-state index contributed by atoms with van der Waals surface area (Å²) in [6, 6.07) is 0. The van der Waals surface area contributed by atoms with Crippen LogP contribution in [0.15, 0.2) is 12.5 Å². The van der Waals surface area contributed by atoms with Crippen LogP contribution in [-0.4, -0.2) is 19.9 Å². The fourth-order valence-corrected chi connectivity index (χ4v) is 0.771. The molecule has 0 aromatic carbocycles. The lowest BCUT2D eigenvalue weighted by molar-refractivity contribution is 1.14. The molecule has 1 radical (unpaired) electrons.